The Bertz CT molecular complexity index is 431. The SMILES string of the molecule is CSC1=NC(=C(C#N)[N+](=O)[O-])N=C(C)N1. The van der Waals surface area contributed by atoms with Crippen LogP contribution in [0.25, 0.3) is 0 Å². The lowest BCUT2D eigenvalue weighted by Gasteiger charge is -2.11. The third kappa shape index (κ3) is 2.54. The summed E-state index contributed by atoms with van der Waals surface area (Å²) in [6.45, 7) is 1.64. The van der Waals surface area contributed by atoms with Crippen LogP contribution in [0.4, 0.5) is 0 Å². The maximum atomic E-state index is 10.5. The Hall–Kier alpha value is -1.88. The van der Waals surface area contributed by atoms with E-state index in [9.17, 15) is 10.1 Å². The third-order valence-electron chi connectivity index (χ3n) is 1.46. The molecule has 0 bridgehead atoms. The highest BCUT2D eigenvalue weighted by molar-refractivity contribution is 8.13. The standard InChI is InChI=1S/C7H7N5O2S/c1-4-9-6(5(3-8)12(13)14)11-7(10-4)15-2/h1-2H3,(H,9,10,11). The zero-order valence-electron chi connectivity index (χ0n) is 8.01. The molecule has 0 aromatic rings. The molecule has 0 radical (unpaired) electrons. The lowest BCUT2D eigenvalue weighted by atomic mass is 10.4. The molecule has 0 spiro atoms. The van der Waals surface area contributed by atoms with Gasteiger partial charge in [-0.05, 0) is 13.2 Å². The second-order valence-electron chi connectivity index (χ2n) is 2.48. The van der Waals surface area contributed by atoms with Gasteiger partial charge in [0.1, 0.15) is 5.84 Å². The molecule has 0 aliphatic carbocycles. The van der Waals surface area contributed by atoms with E-state index in [1.807, 2.05) is 0 Å². The van der Waals surface area contributed by atoms with Crippen LogP contribution < -0.4 is 5.32 Å². The van der Waals surface area contributed by atoms with Gasteiger partial charge in [0, 0.05) is 0 Å². The van der Waals surface area contributed by atoms with Crippen molar-refractivity contribution in [3.8, 4) is 6.07 Å². The van der Waals surface area contributed by atoms with E-state index in [4.69, 9.17) is 5.26 Å². The van der Waals surface area contributed by atoms with Crippen LogP contribution in [0.1, 0.15) is 6.92 Å². The topological polar surface area (TPSA) is 104 Å². The van der Waals surface area contributed by atoms with E-state index < -0.39 is 10.6 Å². The Labute approximate surface area is 89.7 Å². The summed E-state index contributed by atoms with van der Waals surface area (Å²) in [4.78, 5) is 17.3. The van der Waals surface area contributed by atoms with Crippen molar-refractivity contribution < 1.29 is 4.92 Å². The maximum absolute atomic E-state index is 10.5. The summed E-state index contributed by atoms with van der Waals surface area (Å²) in [5, 5.41) is 22.4. The first-order valence-electron chi connectivity index (χ1n) is 3.82. The number of rotatable bonds is 1. The number of amidine groups is 2. The van der Waals surface area contributed by atoms with Gasteiger partial charge in [0.15, 0.2) is 11.2 Å². The summed E-state index contributed by atoms with van der Waals surface area (Å²) in [7, 11) is 0. The molecule has 0 aromatic carbocycles. The minimum Gasteiger partial charge on any atom is -0.323 e. The molecule has 0 saturated heterocycles. The molecule has 78 valence electrons. The Morgan fingerprint density at radius 1 is 1.67 bits per heavy atom. The molecule has 0 saturated carbocycles. The molecule has 8 heteroatoms. The van der Waals surface area contributed by atoms with E-state index in [2.05, 4.69) is 15.3 Å². The molecule has 1 heterocycles. The summed E-state index contributed by atoms with van der Waals surface area (Å²) in [6.07, 6.45) is 1.76. The van der Waals surface area contributed by atoms with E-state index in [1.54, 1.807) is 13.2 Å². The minimum absolute atomic E-state index is 0.164. The lowest BCUT2D eigenvalue weighted by molar-refractivity contribution is -0.418. The molecule has 15 heavy (non-hydrogen) atoms. The highest BCUT2D eigenvalue weighted by atomic mass is 32.2. The number of nitro groups is 1. The molecule has 1 rings (SSSR count). The molecule has 0 fully saturated rings. The van der Waals surface area contributed by atoms with Gasteiger partial charge < -0.3 is 5.32 Å². The molecule has 1 N–H and O–H groups in total. The molecule has 0 atom stereocenters. The van der Waals surface area contributed by atoms with E-state index in [1.165, 1.54) is 17.8 Å². The van der Waals surface area contributed by atoms with E-state index >= 15 is 0 Å². The van der Waals surface area contributed by atoms with Gasteiger partial charge in [-0.15, -0.1) is 0 Å². The second-order valence-corrected chi connectivity index (χ2v) is 3.28. The highest BCUT2D eigenvalue weighted by Gasteiger charge is 2.21. The average Bonchev–Trinajstić information content (AvgIpc) is 2.17. The molecule has 1 aliphatic rings. The number of hydrogen-bond donors (Lipinski definition) is 1. The fourth-order valence-corrected chi connectivity index (χ4v) is 1.29. The normalized spacial score (nSPS) is 18.2. The van der Waals surface area contributed by atoms with Crippen LogP contribution in [0.5, 0.6) is 0 Å². The number of thioether (sulfide) groups is 1. The summed E-state index contributed by atoms with van der Waals surface area (Å²) in [6, 6.07) is 1.47. The first-order chi connectivity index (χ1) is 7.08. The van der Waals surface area contributed by atoms with Crippen LogP contribution >= 0.6 is 11.8 Å². The predicted octanol–water partition coefficient (Wildman–Crippen LogP) is 0.696. The first kappa shape index (κ1) is 11.2. The van der Waals surface area contributed by atoms with Gasteiger partial charge in [-0.25, -0.2) is 4.99 Å². The second kappa shape index (κ2) is 4.56. The van der Waals surface area contributed by atoms with Gasteiger partial charge in [0.25, 0.3) is 0 Å². The van der Waals surface area contributed by atoms with Gasteiger partial charge in [-0.1, -0.05) is 11.8 Å². The zero-order valence-corrected chi connectivity index (χ0v) is 8.83. The summed E-state index contributed by atoms with van der Waals surface area (Å²) in [5.74, 6) is 0.307. The number of allylic oxidation sites excluding steroid dienone is 1. The molecular formula is C7H7N5O2S. The number of nitrogens with one attached hydrogen (secondary N) is 1. The van der Waals surface area contributed by atoms with E-state index in [0.29, 0.717) is 11.0 Å². The Morgan fingerprint density at radius 3 is 2.80 bits per heavy atom. The average molecular weight is 225 g/mol. The quantitative estimate of drug-likeness (QED) is 0.401. The van der Waals surface area contributed by atoms with Gasteiger partial charge in [0.05, 0.1) is 4.92 Å². The van der Waals surface area contributed by atoms with Crippen molar-refractivity contribution in [2.45, 2.75) is 6.92 Å². The van der Waals surface area contributed by atoms with Crippen LogP contribution in [-0.4, -0.2) is 22.2 Å². The van der Waals surface area contributed by atoms with Crippen LogP contribution in [0.15, 0.2) is 21.5 Å². The van der Waals surface area contributed by atoms with Crippen LogP contribution in [0.2, 0.25) is 0 Å². The molecular weight excluding hydrogens is 218 g/mol. The van der Waals surface area contributed by atoms with Gasteiger partial charge in [-0.3, -0.25) is 10.1 Å². The van der Waals surface area contributed by atoms with Crippen LogP contribution in [0, 0.1) is 21.4 Å². The van der Waals surface area contributed by atoms with Crippen molar-refractivity contribution in [1.29, 1.82) is 5.26 Å². The lowest BCUT2D eigenvalue weighted by Crippen LogP contribution is -2.29. The number of hydrogen-bond acceptors (Lipinski definition) is 7. The van der Waals surface area contributed by atoms with Crippen molar-refractivity contribution in [2.75, 3.05) is 6.26 Å². The smallest absolute Gasteiger partial charge is 0.323 e. The fourth-order valence-electron chi connectivity index (χ4n) is 0.866. The monoisotopic (exact) mass is 225 g/mol. The minimum atomic E-state index is -0.793. The number of aliphatic imine (C=N–C) groups is 2. The van der Waals surface area contributed by atoms with Crippen molar-refractivity contribution in [2.24, 2.45) is 9.98 Å². The van der Waals surface area contributed by atoms with Gasteiger partial charge >= 0.3 is 5.70 Å². The van der Waals surface area contributed by atoms with Gasteiger partial charge in [0.2, 0.25) is 5.82 Å². The third-order valence-corrected chi connectivity index (χ3v) is 2.04. The van der Waals surface area contributed by atoms with Crippen molar-refractivity contribution in [3.05, 3.63) is 21.6 Å². The largest absolute Gasteiger partial charge is 0.389 e. The highest BCUT2D eigenvalue weighted by Crippen LogP contribution is 2.14. The maximum Gasteiger partial charge on any atom is 0.389 e. The van der Waals surface area contributed by atoms with E-state index in [0.717, 1.165) is 0 Å². The zero-order chi connectivity index (χ0) is 11.4. The van der Waals surface area contributed by atoms with Crippen molar-refractivity contribution >= 4 is 22.8 Å². The Morgan fingerprint density at radius 2 is 2.33 bits per heavy atom. The fraction of sp³-hybridized carbons (Fsp3) is 0.286. The first-order valence-corrected chi connectivity index (χ1v) is 5.04. The van der Waals surface area contributed by atoms with Crippen molar-refractivity contribution in [3.63, 3.8) is 0 Å². The van der Waals surface area contributed by atoms with Crippen molar-refractivity contribution in [1.82, 2.24) is 5.32 Å². The number of nitrogens with zero attached hydrogens (tertiary/aromatic N) is 4. The molecule has 0 amide bonds. The molecule has 0 unspecified atom stereocenters. The Kier molecular flexibility index (Phi) is 3.41. The molecule has 1 aliphatic heterocycles. The summed E-state index contributed by atoms with van der Waals surface area (Å²) in [5.41, 5.74) is -0.651. The number of nitriles is 1. The molecule has 7 nitrogen and oxygen atoms in total. The van der Waals surface area contributed by atoms with Crippen LogP contribution in [0.3, 0.4) is 0 Å². The predicted molar refractivity (Wildman–Crippen MR) is 56.8 cm³/mol. The summed E-state index contributed by atoms with van der Waals surface area (Å²) >= 11 is 1.28. The van der Waals surface area contributed by atoms with E-state index in [-0.39, 0.29) is 5.82 Å². The van der Waals surface area contributed by atoms with Gasteiger partial charge in [-0.2, -0.15) is 10.3 Å². The van der Waals surface area contributed by atoms with Crippen LogP contribution in [-0.2, 0) is 0 Å². The Balaban J connectivity index is 3.24. The molecule has 0 aromatic heterocycles. The summed E-state index contributed by atoms with van der Waals surface area (Å²) < 4.78 is 0.